The Labute approximate surface area is 107 Å². The van der Waals surface area contributed by atoms with E-state index in [2.05, 4.69) is 4.90 Å². The molecular formula is C13H20ClNO2. The van der Waals surface area contributed by atoms with Gasteiger partial charge in [-0.25, -0.2) is 0 Å². The monoisotopic (exact) mass is 257 g/mol. The first kappa shape index (κ1) is 11.9. The van der Waals surface area contributed by atoms with Gasteiger partial charge in [-0.1, -0.05) is 0 Å². The molecule has 1 aliphatic heterocycles. The van der Waals surface area contributed by atoms with Crippen molar-refractivity contribution in [1.82, 2.24) is 4.90 Å². The van der Waals surface area contributed by atoms with Crippen LogP contribution in [0, 0.1) is 5.41 Å². The molecule has 4 heteroatoms. The predicted octanol–water partition coefficient (Wildman–Crippen LogP) is 2.18. The van der Waals surface area contributed by atoms with Gasteiger partial charge < -0.3 is 4.74 Å². The van der Waals surface area contributed by atoms with Crippen LogP contribution in [-0.2, 0) is 9.53 Å². The highest BCUT2D eigenvalue weighted by Gasteiger charge is 2.53. The molecule has 0 amide bonds. The van der Waals surface area contributed by atoms with Gasteiger partial charge in [-0.3, -0.25) is 9.69 Å². The maximum atomic E-state index is 11.6. The standard InChI is InChI=1S/C13H20ClNO2/c14-11(16)12-1-4-13(5-2-12,6-3-12)15-7-9-17-10-8-15/h1-10H2. The van der Waals surface area contributed by atoms with Crippen LogP contribution in [0.25, 0.3) is 0 Å². The Hall–Kier alpha value is -0.120. The van der Waals surface area contributed by atoms with E-state index in [1.165, 1.54) is 0 Å². The summed E-state index contributed by atoms with van der Waals surface area (Å²) >= 11 is 5.80. The van der Waals surface area contributed by atoms with Crippen LogP contribution in [0.5, 0.6) is 0 Å². The number of fused-ring (bicyclic) bond motifs is 3. The zero-order valence-corrected chi connectivity index (χ0v) is 11.0. The molecule has 2 bridgehead atoms. The van der Waals surface area contributed by atoms with Crippen molar-refractivity contribution in [3.63, 3.8) is 0 Å². The average molecular weight is 258 g/mol. The van der Waals surface area contributed by atoms with E-state index in [-0.39, 0.29) is 10.7 Å². The zero-order chi connectivity index (χ0) is 11.9. The first-order valence-corrected chi connectivity index (χ1v) is 7.08. The summed E-state index contributed by atoms with van der Waals surface area (Å²) in [6.07, 6.45) is 6.41. The van der Waals surface area contributed by atoms with Crippen LogP contribution >= 0.6 is 11.6 Å². The lowest BCUT2D eigenvalue weighted by molar-refractivity contribution is -0.135. The fourth-order valence-corrected chi connectivity index (χ4v) is 4.26. The fraction of sp³-hybridized carbons (Fsp3) is 0.923. The molecule has 0 aromatic heterocycles. The Balaban J connectivity index is 1.74. The third-order valence-electron chi connectivity index (χ3n) is 5.31. The molecule has 3 aliphatic carbocycles. The minimum atomic E-state index is -0.171. The van der Waals surface area contributed by atoms with Gasteiger partial charge in [-0.15, -0.1) is 0 Å². The smallest absolute Gasteiger partial charge is 0.227 e. The molecule has 1 saturated heterocycles. The predicted molar refractivity (Wildman–Crippen MR) is 66.1 cm³/mol. The zero-order valence-electron chi connectivity index (χ0n) is 10.2. The lowest BCUT2D eigenvalue weighted by atomic mass is 9.57. The molecule has 0 N–H and O–H groups in total. The largest absolute Gasteiger partial charge is 0.379 e. The molecule has 0 unspecified atom stereocenters. The van der Waals surface area contributed by atoms with Crippen LogP contribution in [0.2, 0.25) is 0 Å². The van der Waals surface area contributed by atoms with E-state index in [1.807, 2.05) is 0 Å². The third-order valence-corrected chi connectivity index (χ3v) is 5.71. The molecule has 4 aliphatic rings. The summed E-state index contributed by atoms with van der Waals surface area (Å²) in [5.41, 5.74) is 0.188. The van der Waals surface area contributed by atoms with E-state index in [1.54, 1.807) is 0 Å². The molecular weight excluding hydrogens is 238 g/mol. The van der Waals surface area contributed by atoms with Crippen molar-refractivity contribution in [3.8, 4) is 0 Å². The second-order valence-corrected chi connectivity index (χ2v) is 6.22. The number of carbonyl (C=O) groups excluding carboxylic acids is 1. The fourth-order valence-electron chi connectivity index (χ4n) is 3.97. The minimum absolute atomic E-state index is 0.0900. The maximum Gasteiger partial charge on any atom is 0.227 e. The number of hydrogen-bond acceptors (Lipinski definition) is 3. The summed E-state index contributed by atoms with van der Waals surface area (Å²) in [7, 11) is 0. The van der Waals surface area contributed by atoms with Gasteiger partial charge in [0.15, 0.2) is 0 Å². The molecule has 0 aromatic carbocycles. The minimum Gasteiger partial charge on any atom is -0.379 e. The van der Waals surface area contributed by atoms with Crippen molar-refractivity contribution in [1.29, 1.82) is 0 Å². The van der Waals surface area contributed by atoms with Gasteiger partial charge in [-0.05, 0) is 50.1 Å². The topological polar surface area (TPSA) is 29.5 Å². The number of hydrogen-bond donors (Lipinski definition) is 0. The Morgan fingerprint density at radius 3 is 2.00 bits per heavy atom. The molecule has 0 radical (unpaired) electrons. The molecule has 3 nitrogen and oxygen atoms in total. The van der Waals surface area contributed by atoms with Gasteiger partial charge in [0.1, 0.15) is 0 Å². The summed E-state index contributed by atoms with van der Waals surface area (Å²) in [6.45, 7) is 3.84. The first-order chi connectivity index (χ1) is 8.17. The molecule has 0 aromatic rings. The second-order valence-electron chi connectivity index (χ2n) is 5.88. The summed E-state index contributed by atoms with van der Waals surface area (Å²) < 4.78 is 5.43. The van der Waals surface area contributed by atoms with E-state index >= 15 is 0 Å². The van der Waals surface area contributed by atoms with Crippen LogP contribution in [0.15, 0.2) is 0 Å². The van der Waals surface area contributed by atoms with E-state index in [4.69, 9.17) is 16.3 Å². The van der Waals surface area contributed by atoms with Gasteiger partial charge in [0.2, 0.25) is 5.24 Å². The second kappa shape index (κ2) is 4.22. The first-order valence-electron chi connectivity index (χ1n) is 6.70. The maximum absolute atomic E-state index is 11.6. The number of rotatable bonds is 2. The van der Waals surface area contributed by atoms with E-state index in [0.29, 0.717) is 5.54 Å². The van der Waals surface area contributed by atoms with Crippen molar-refractivity contribution >= 4 is 16.8 Å². The Kier molecular flexibility index (Phi) is 2.96. The SMILES string of the molecule is O=C(Cl)C12CCC(N3CCOCC3)(CC1)CC2. The molecule has 0 spiro atoms. The number of halogens is 1. The number of morpholine rings is 1. The lowest BCUT2D eigenvalue weighted by Gasteiger charge is -2.57. The summed E-state index contributed by atoms with van der Waals surface area (Å²) in [5.74, 6) is 0. The number of nitrogens with zero attached hydrogens (tertiary/aromatic N) is 1. The van der Waals surface area contributed by atoms with Crippen LogP contribution in [-0.4, -0.2) is 42.0 Å². The van der Waals surface area contributed by atoms with Gasteiger partial charge in [-0.2, -0.15) is 0 Å². The van der Waals surface area contributed by atoms with Gasteiger partial charge in [0.05, 0.1) is 13.2 Å². The highest BCUT2D eigenvalue weighted by molar-refractivity contribution is 6.64. The quantitative estimate of drug-likeness (QED) is 0.710. The highest BCUT2D eigenvalue weighted by Crippen LogP contribution is 2.55. The molecule has 0 atom stereocenters. The van der Waals surface area contributed by atoms with E-state index in [0.717, 1.165) is 64.8 Å². The molecule has 4 fully saturated rings. The number of carbonyl (C=O) groups is 1. The van der Waals surface area contributed by atoms with Crippen LogP contribution < -0.4 is 0 Å². The molecule has 96 valence electrons. The molecule has 17 heavy (non-hydrogen) atoms. The molecule has 1 heterocycles. The van der Waals surface area contributed by atoms with Crippen LogP contribution in [0.4, 0.5) is 0 Å². The number of ether oxygens (including phenoxy) is 1. The normalized spacial score (nSPS) is 42.6. The van der Waals surface area contributed by atoms with Gasteiger partial charge >= 0.3 is 0 Å². The van der Waals surface area contributed by atoms with E-state index < -0.39 is 0 Å². The Morgan fingerprint density at radius 1 is 1.00 bits per heavy atom. The van der Waals surface area contributed by atoms with Crippen LogP contribution in [0.1, 0.15) is 38.5 Å². The Bertz CT molecular complexity index is 301. The van der Waals surface area contributed by atoms with Gasteiger partial charge in [0, 0.05) is 24.0 Å². The van der Waals surface area contributed by atoms with Crippen molar-refractivity contribution in [2.45, 2.75) is 44.1 Å². The van der Waals surface area contributed by atoms with Crippen molar-refractivity contribution in [3.05, 3.63) is 0 Å². The van der Waals surface area contributed by atoms with Gasteiger partial charge in [0.25, 0.3) is 0 Å². The average Bonchev–Trinajstić information content (AvgIpc) is 2.42. The summed E-state index contributed by atoms with van der Waals surface area (Å²) in [4.78, 5) is 14.2. The summed E-state index contributed by atoms with van der Waals surface area (Å²) in [6, 6.07) is 0. The van der Waals surface area contributed by atoms with Crippen molar-refractivity contribution < 1.29 is 9.53 Å². The van der Waals surface area contributed by atoms with E-state index in [9.17, 15) is 4.79 Å². The van der Waals surface area contributed by atoms with Crippen molar-refractivity contribution in [2.24, 2.45) is 5.41 Å². The Morgan fingerprint density at radius 2 is 1.53 bits per heavy atom. The molecule has 3 saturated carbocycles. The van der Waals surface area contributed by atoms with Crippen molar-refractivity contribution in [2.75, 3.05) is 26.3 Å². The molecule has 4 rings (SSSR count). The highest BCUT2D eigenvalue weighted by atomic mass is 35.5. The third kappa shape index (κ3) is 1.83. The summed E-state index contributed by atoms with van der Waals surface area (Å²) in [5, 5.41) is -0.0900. The lowest BCUT2D eigenvalue weighted by Crippen LogP contribution is -2.60. The van der Waals surface area contributed by atoms with Crippen LogP contribution in [0.3, 0.4) is 0 Å².